The molecule has 0 unspecified atom stereocenters. The SMILES string of the molecule is CCOc1cc(CN2C[C@H]3CNC[C@H]3C2)ccc1OC(F)F. The van der Waals surface area contributed by atoms with Crippen LogP contribution in [0.25, 0.3) is 0 Å². The van der Waals surface area contributed by atoms with Crippen LogP contribution in [0.15, 0.2) is 18.2 Å². The van der Waals surface area contributed by atoms with E-state index in [-0.39, 0.29) is 5.75 Å². The Balaban J connectivity index is 1.67. The maximum absolute atomic E-state index is 12.4. The van der Waals surface area contributed by atoms with Gasteiger partial charge >= 0.3 is 6.61 Å². The molecule has 0 aliphatic carbocycles. The number of benzene rings is 1. The van der Waals surface area contributed by atoms with Crippen LogP contribution in [0, 0.1) is 11.8 Å². The summed E-state index contributed by atoms with van der Waals surface area (Å²) in [6.07, 6.45) is 0. The second-order valence-corrected chi connectivity index (χ2v) is 5.97. The van der Waals surface area contributed by atoms with Gasteiger partial charge in [0.15, 0.2) is 11.5 Å². The zero-order chi connectivity index (χ0) is 15.5. The molecule has 0 bridgehead atoms. The summed E-state index contributed by atoms with van der Waals surface area (Å²) in [5.74, 6) is 1.98. The molecule has 122 valence electrons. The van der Waals surface area contributed by atoms with E-state index in [0.29, 0.717) is 12.4 Å². The average molecular weight is 312 g/mol. The summed E-state index contributed by atoms with van der Waals surface area (Å²) in [5, 5.41) is 3.43. The van der Waals surface area contributed by atoms with Crippen molar-refractivity contribution in [3.63, 3.8) is 0 Å². The van der Waals surface area contributed by atoms with E-state index in [2.05, 4.69) is 15.0 Å². The molecule has 0 spiro atoms. The minimum absolute atomic E-state index is 0.100. The van der Waals surface area contributed by atoms with Crippen molar-refractivity contribution in [1.29, 1.82) is 0 Å². The predicted molar refractivity (Wildman–Crippen MR) is 79.4 cm³/mol. The third-order valence-electron chi connectivity index (χ3n) is 4.40. The third kappa shape index (κ3) is 3.50. The Morgan fingerprint density at radius 1 is 1.23 bits per heavy atom. The van der Waals surface area contributed by atoms with Gasteiger partial charge in [0.1, 0.15) is 0 Å². The van der Waals surface area contributed by atoms with Crippen molar-refractivity contribution < 1.29 is 18.3 Å². The Hall–Kier alpha value is -1.40. The molecule has 0 aromatic heterocycles. The Kier molecular flexibility index (Phi) is 4.78. The molecule has 4 nitrogen and oxygen atoms in total. The lowest BCUT2D eigenvalue weighted by Gasteiger charge is -2.18. The monoisotopic (exact) mass is 312 g/mol. The molecule has 1 aromatic rings. The number of halogens is 2. The van der Waals surface area contributed by atoms with Crippen molar-refractivity contribution in [3.05, 3.63) is 23.8 Å². The lowest BCUT2D eigenvalue weighted by atomic mass is 10.0. The second kappa shape index (κ2) is 6.79. The first-order chi connectivity index (χ1) is 10.7. The van der Waals surface area contributed by atoms with Gasteiger partial charge in [-0.3, -0.25) is 4.90 Å². The molecule has 0 radical (unpaired) electrons. The van der Waals surface area contributed by atoms with Gasteiger partial charge in [0.25, 0.3) is 0 Å². The lowest BCUT2D eigenvalue weighted by Crippen LogP contribution is -2.25. The highest BCUT2D eigenvalue weighted by Gasteiger charge is 2.35. The normalized spacial score (nSPS) is 24.7. The smallest absolute Gasteiger partial charge is 0.387 e. The molecule has 2 heterocycles. The molecule has 0 saturated carbocycles. The van der Waals surface area contributed by atoms with Crippen molar-refractivity contribution >= 4 is 0 Å². The summed E-state index contributed by atoms with van der Waals surface area (Å²) in [6, 6.07) is 5.23. The maximum atomic E-state index is 12.4. The highest BCUT2D eigenvalue weighted by Crippen LogP contribution is 2.32. The molecule has 2 fully saturated rings. The van der Waals surface area contributed by atoms with Crippen LogP contribution in [-0.4, -0.2) is 44.3 Å². The summed E-state index contributed by atoms with van der Waals surface area (Å²) in [5.41, 5.74) is 1.07. The van der Waals surface area contributed by atoms with Crippen LogP contribution in [0.3, 0.4) is 0 Å². The zero-order valence-electron chi connectivity index (χ0n) is 12.7. The number of likely N-dealkylation sites (tertiary alicyclic amines) is 1. The van der Waals surface area contributed by atoms with Crippen LogP contribution in [-0.2, 0) is 6.54 Å². The van der Waals surface area contributed by atoms with E-state index in [1.54, 1.807) is 6.07 Å². The van der Waals surface area contributed by atoms with Gasteiger partial charge in [-0.25, -0.2) is 0 Å². The molecule has 22 heavy (non-hydrogen) atoms. The number of nitrogens with zero attached hydrogens (tertiary/aromatic N) is 1. The number of rotatable bonds is 6. The van der Waals surface area contributed by atoms with Crippen LogP contribution in [0.4, 0.5) is 8.78 Å². The average Bonchev–Trinajstić information content (AvgIpc) is 3.02. The van der Waals surface area contributed by atoms with E-state index in [0.717, 1.165) is 50.1 Å². The first-order valence-corrected chi connectivity index (χ1v) is 7.79. The largest absolute Gasteiger partial charge is 0.490 e. The predicted octanol–water partition coefficient (Wildman–Crippen LogP) is 2.34. The van der Waals surface area contributed by atoms with Crippen molar-refractivity contribution in [3.8, 4) is 11.5 Å². The van der Waals surface area contributed by atoms with Crippen LogP contribution < -0.4 is 14.8 Å². The molecule has 2 aliphatic rings. The molecule has 6 heteroatoms. The van der Waals surface area contributed by atoms with Crippen LogP contribution in [0.2, 0.25) is 0 Å². The van der Waals surface area contributed by atoms with E-state index in [1.807, 2.05) is 19.1 Å². The lowest BCUT2D eigenvalue weighted by molar-refractivity contribution is -0.0514. The Bertz CT molecular complexity index is 501. The minimum Gasteiger partial charge on any atom is -0.490 e. The summed E-state index contributed by atoms with van der Waals surface area (Å²) in [7, 11) is 0. The molecule has 2 aliphatic heterocycles. The van der Waals surface area contributed by atoms with Gasteiger partial charge < -0.3 is 14.8 Å². The third-order valence-corrected chi connectivity index (χ3v) is 4.40. The van der Waals surface area contributed by atoms with E-state index < -0.39 is 6.61 Å². The summed E-state index contributed by atoms with van der Waals surface area (Å²) >= 11 is 0. The van der Waals surface area contributed by atoms with E-state index >= 15 is 0 Å². The molecular formula is C16H22F2N2O2. The fourth-order valence-corrected chi connectivity index (χ4v) is 3.45. The highest BCUT2D eigenvalue weighted by molar-refractivity contribution is 5.43. The zero-order valence-corrected chi connectivity index (χ0v) is 12.7. The summed E-state index contributed by atoms with van der Waals surface area (Å²) in [4.78, 5) is 2.43. The van der Waals surface area contributed by atoms with Crippen molar-refractivity contribution in [2.75, 3.05) is 32.8 Å². The van der Waals surface area contributed by atoms with Gasteiger partial charge in [-0.05, 0) is 49.5 Å². The van der Waals surface area contributed by atoms with Crippen LogP contribution >= 0.6 is 0 Å². The first kappa shape index (κ1) is 15.5. The van der Waals surface area contributed by atoms with E-state index in [1.165, 1.54) is 0 Å². The number of hydrogen-bond donors (Lipinski definition) is 1. The standard InChI is InChI=1S/C16H22F2N2O2/c1-2-21-15-5-11(3-4-14(15)22-16(17)18)8-20-9-12-6-19-7-13(12)10-20/h3-5,12-13,16,19H,2,6-10H2,1H3/t12-,13+. The first-order valence-electron chi connectivity index (χ1n) is 7.79. The van der Waals surface area contributed by atoms with Gasteiger partial charge in [-0.2, -0.15) is 8.78 Å². The second-order valence-electron chi connectivity index (χ2n) is 5.97. The van der Waals surface area contributed by atoms with E-state index in [9.17, 15) is 8.78 Å². The molecule has 1 N–H and O–H groups in total. The quantitative estimate of drug-likeness (QED) is 0.874. The van der Waals surface area contributed by atoms with Gasteiger partial charge in [0.05, 0.1) is 6.61 Å². The van der Waals surface area contributed by atoms with Gasteiger partial charge in [0, 0.05) is 19.6 Å². The van der Waals surface area contributed by atoms with Crippen molar-refractivity contribution in [1.82, 2.24) is 10.2 Å². The van der Waals surface area contributed by atoms with E-state index in [4.69, 9.17) is 4.74 Å². The summed E-state index contributed by atoms with van der Waals surface area (Å²) < 4.78 is 34.8. The topological polar surface area (TPSA) is 33.7 Å². The van der Waals surface area contributed by atoms with Gasteiger partial charge in [0.2, 0.25) is 0 Å². The van der Waals surface area contributed by atoms with Crippen LogP contribution in [0.5, 0.6) is 11.5 Å². The van der Waals surface area contributed by atoms with Crippen LogP contribution in [0.1, 0.15) is 12.5 Å². The molecular weight excluding hydrogens is 290 g/mol. The Labute approximate surface area is 129 Å². The molecule has 2 saturated heterocycles. The van der Waals surface area contributed by atoms with Gasteiger partial charge in [-0.15, -0.1) is 0 Å². The Morgan fingerprint density at radius 2 is 1.95 bits per heavy atom. The molecule has 1 aromatic carbocycles. The summed E-state index contributed by atoms with van der Waals surface area (Å²) in [6.45, 7) is 4.63. The minimum atomic E-state index is -2.84. The number of alkyl halides is 2. The fraction of sp³-hybridized carbons (Fsp3) is 0.625. The molecule has 3 rings (SSSR count). The fourth-order valence-electron chi connectivity index (χ4n) is 3.45. The highest BCUT2D eigenvalue weighted by atomic mass is 19.3. The number of ether oxygens (including phenoxy) is 2. The number of nitrogens with one attached hydrogen (secondary N) is 1. The Morgan fingerprint density at radius 3 is 2.59 bits per heavy atom. The maximum Gasteiger partial charge on any atom is 0.387 e. The van der Waals surface area contributed by atoms with Crippen molar-refractivity contribution in [2.24, 2.45) is 11.8 Å². The molecule has 2 atom stereocenters. The number of fused-ring (bicyclic) bond motifs is 1. The van der Waals surface area contributed by atoms with Gasteiger partial charge in [-0.1, -0.05) is 6.07 Å². The molecule has 0 amide bonds. The van der Waals surface area contributed by atoms with Crippen molar-refractivity contribution in [2.45, 2.75) is 20.1 Å². The number of hydrogen-bond acceptors (Lipinski definition) is 4.